The first-order chi connectivity index (χ1) is 14.5. The number of carbonyl (C=O) groups excluding carboxylic acids is 2. The lowest BCUT2D eigenvalue weighted by atomic mass is 9.88. The number of hydrazone groups is 1. The molecule has 6 nitrogen and oxygen atoms in total. The van der Waals surface area contributed by atoms with Crippen LogP contribution in [0.3, 0.4) is 0 Å². The van der Waals surface area contributed by atoms with Crippen LogP contribution in [0.15, 0.2) is 70.2 Å². The summed E-state index contributed by atoms with van der Waals surface area (Å²) in [5.41, 5.74) is 4.13. The van der Waals surface area contributed by atoms with Gasteiger partial charge in [0.15, 0.2) is 0 Å². The van der Waals surface area contributed by atoms with Gasteiger partial charge in [-0.15, -0.1) is 0 Å². The monoisotopic (exact) mass is 441 g/mol. The van der Waals surface area contributed by atoms with Gasteiger partial charge in [-0.3, -0.25) is 9.59 Å². The van der Waals surface area contributed by atoms with Crippen LogP contribution in [-0.2, 0) is 9.59 Å². The van der Waals surface area contributed by atoms with Gasteiger partial charge in [0, 0.05) is 18.0 Å². The second-order valence-corrected chi connectivity index (χ2v) is 7.62. The van der Waals surface area contributed by atoms with E-state index in [2.05, 4.69) is 15.8 Å². The highest BCUT2D eigenvalue weighted by atomic mass is 35.5. The second kappa shape index (κ2) is 8.73. The van der Waals surface area contributed by atoms with Gasteiger partial charge < -0.3 is 9.73 Å². The van der Waals surface area contributed by atoms with E-state index < -0.39 is 11.8 Å². The van der Waals surface area contributed by atoms with Crippen molar-refractivity contribution >= 4 is 41.2 Å². The Morgan fingerprint density at radius 3 is 2.67 bits per heavy atom. The van der Waals surface area contributed by atoms with Crippen LogP contribution >= 0.6 is 23.2 Å². The van der Waals surface area contributed by atoms with Gasteiger partial charge in [0.25, 0.3) is 5.91 Å². The highest BCUT2D eigenvalue weighted by Gasteiger charge is 2.40. The molecule has 1 fully saturated rings. The van der Waals surface area contributed by atoms with Gasteiger partial charge in [-0.1, -0.05) is 53.5 Å². The van der Waals surface area contributed by atoms with Crippen LogP contribution in [0, 0.1) is 5.92 Å². The number of hydrogen-bond acceptors (Lipinski definition) is 4. The number of benzene rings is 2. The summed E-state index contributed by atoms with van der Waals surface area (Å²) in [5, 5.41) is 7.57. The van der Waals surface area contributed by atoms with Crippen molar-refractivity contribution in [1.29, 1.82) is 0 Å². The van der Waals surface area contributed by atoms with E-state index in [0.29, 0.717) is 28.1 Å². The smallest absolute Gasteiger partial charge is 0.253 e. The van der Waals surface area contributed by atoms with Crippen molar-refractivity contribution in [3.63, 3.8) is 0 Å². The van der Waals surface area contributed by atoms with Gasteiger partial charge in [-0.2, -0.15) is 5.10 Å². The summed E-state index contributed by atoms with van der Waals surface area (Å²) in [7, 11) is 0. The predicted molar refractivity (Wildman–Crippen MR) is 116 cm³/mol. The van der Waals surface area contributed by atoms with Crippen molar-refractivity contribution < 1.29 is 14.0 Å². The number of amides is 2. The normalized spacial score (nSPS) is 18.5. The maximum atomic E-state index is 12.6. The Labute approximate surface area is 182 Å². The zero-order valence-electron chi connectivity index (χ0n) is 15.6. The predicted octanol–water partition coefficient (Wildman–Crippen LogP) is 4.23. The first-order valence-electron chi connectivity index (χ1n) is 9.24. The van der Waals surface area contributed by atoms with Crippen LogP contribution in [0.5, 0.6) is 0 Å². The summed E-state index contributed by atoms with van der Waals surface area (Å²) in [6.07, 6.45) is 1.38. The number of carbonyl (C=O) groups is 2. The Hall–Kier alpha value is -3.09. The van der Waals surface area contributed by atoms with Crippen molar-refractivity contribution in [3.8, 4) is 11.3 Å². The number of rotatable bonds is 5. The van der Waals surface area contributed by atoms with Gasteiger partial charge in [0.05, 0.1) is 16.3 Å². The molecular weight excluding hydrogens is 425 g/mol. The molecule has 0 unspecified atom stereocenters. The second-order valence-electron chi connectivity index (χ2n) is 6.81. The zero-order chi connectivity index (χ0) is 21.1. The Kier molecular flexibility index (Phi) is 5.88. The highest BCUT2D eigenvalue weighted by Crippen LogP contribution is 2.30. The maximum absolute atomic E-state index is 12.6. The highest BCUT2D eigenvalue weighted by molar-refractivity contribution is 6.42. The van der Waals surface area contributed by atoms with E-state index in [1.165, 1.54) is 6.21 Å². The Morgan fingerprint density at radius 1 is 1.10 bits per heavy atom. The molecule has 1 aliphatic heterocycles. The van der Waals surface area contributed by atoms with Crippen molar-refractivity contribution in [2.45, 2.75) is 5.92 Å². The minimum absolute atomic E-state index is 0.237. The molecule has 2 amide bonds. The maximum Gasteiger partial charge on any atom is 0.253 e. The zero-order valence-corrected chi connectivity index (χ0v) is 17.2. The third-order valence-corrected chi connectivity index (χ3v) is 5.63. The van der Waals surface area contributed by atoms with E-state index in [4.69, 9.17) is 27.6 Å². The minimum atomic E-state index is -0.840. The van der Waals surface area contributed by atoms with E-state index in [1.807, 2.05) is 30.3 Å². The van der Waals surface area contributed by atoms with Crippen molar-refractivity contribution in [3.05, 3.63) is 82.0 Å². The fourth-order valence-corrected chi connectivity index (χ4v) is 3.69. The van der Waals surface area contributed by atoms with Gasteiger partial charge in [0.2, 0.25) is 5.91 Å². The summed E-state index contributed by atoms with van der Waals surface area (Å²) in [6.45, 7) is 0.413. The third kappa shape index (κ3) is 4.25. The number of furan rings is 1. The molecule has 2 N–H and O–H groups in total. The van der Waals surface area contributed by atoms with E-state index in [1.54, 1.807) is 30.3 Å². The Morgan fingerprint density at radius 2 is 1.90 bits per heavy atom. The minimum Gasteiger partial charge on any atom is -0.455 e. The lowest BCUT2D eigenvalue weighted by molar-refractivity contribution is -0.133. The molecule has 8 heteroatoms. The molecule has 152 valence electrons. The molecule has 2 atom stereocenters. The summed E-state index contributed by atoms with van der Waals surface area (Å²) in [5.74, 6) is -0.831. The van der Waals surface area contributed by atoms with E-state index in [9.17, 15) is 9.59 Å². The molecular formula is C22H17Cl2N3O3. The quantitative estimate of drug-likeness (QED) is 0.352. The Bertz CT molecular complexity index is 1110. The SMILES string of the molecule is O=C1NC[C@H](c2ccccc2)[C@@H]1C(=O)N/N=C/c1ccc(-c2ccc(Cl)c(Cl)c2)o1. The van der Waals surface area contributed by atoms with Crippen molar-refractivity contribution in [2.24, 2.45) is 11.0 Å². The molecule has 0 radical (unpaired) electrons. The van der Waals surface area contributed by atoms with Crippen LogP contribution in [-0.4, -0.2) is 24.6 Å². The molecule has 0 spiro atoms. The van der Waals surface area contributed by atoms with Gasteiger partial charge in [0.1, 0.15) is 17.4 Å². The molecule has 2 heterocycles. The molecule has 1 aliphatic rings. The molecule has 2 aromatic carbocycles. The van der Waals surface area contributed by atoms with Gasteiger partial charge in [-0.25, -0.2) is 5.43 Å². The largest absolute Gasteiger partial charge is 0.455 e. The average Bonchev–Trinajstić information content (AvgIpc) is 3.37. The molecule has 0 saturated carbocycles. The molecule has 30 heavy (non-hydrogen) atoms. The van der Waals surface area contributed by atoms with Crippen LogP contribution < -0.4 is 10.7 Å². The summed E-state index contributed by atoms with van der Waals surface area (Å²) < 4.78 is 5.70. The first-order valence-corrected chi connectivity index (χ1v) is 9.99. The fraction of sp³-hybridized carbons (Fsp3) is 0.136. The van der Waals surface area contributed by atoms with E-state index in [0.717, 1.165) is 11.1 Å². The third-order valence-electron chi connectivity index (χ3n) is 4.89. The van der Waals surface area contributed by atoms with Crippen molar-refractivity contribution in [1.82, 2.24) is 10.7 Å². The first kappa shape index (κ1) is 20.2. The topological polar surface area (TPSA) is 83.7 Å². The molecule has 0 bridgehead atoms. The summed E-state index contributed by atoms with van der Waals surface area (Å²) in [4.78, 5) is 24.8. The lowest BCUT2D eigenvalue weighted by Crippen LogP contribution is -2.34. The van der Waals surface area contributed by atoms with Crippen LogP contribution in [0.2, 0.25) is 10.0 Å². The fourth-order valence-electron chi connectivity index (χ4n) is 3.39. The average molecular weight is 442 g/mol. The summed E-state index contributed by atoms with van der Waals surface area (Å²) in [6, 6.07) is 18.1. The molecule has 1 aromatic heterocycles. The number of halogens is 2. The van der Waals surface area contributed by atoms with Gasteiger partial charge in [-0.05, 0) is 35.9 Å². The molecule has 4 rings (SSSR count). The van der Waals surface area contributed by atoms with E-state index >= 15 is 0 Å². The van der Waals surface area contributed by atoms with Crippen LogP contribution in [0.1, 0.15) is 17.2 Å². The summed E-state index contributed by atoms with van der Waals surface area (Å²) >= 11 is 12.0. The lowest BCUT2D eigenvalue weighted by Gasteiger charge is -2.15. The van der Waals surface area contributed by atoms with Gasteiger partial charge >= 0.3 is 0 Å². The molecule has 1 saturated heterocycles. The number of nitrogens with one attached hydrogen (secondary N) is 2. The number of nitrogens with zero attached hydrogens (tertiary/aromatic N) is 1. The van der Waals surface area contributed by atoms with Crippen LogP contribution in [0.4, 0.5) is 0 Å². The number of hydrogen-bond donors (Lipinski definition) is 2. The Balaban J connectivity index is 1.43. The molecule has 0 aliphatic carbocycles. The van der Waals surface area contributed by atoms with Crippen LogP contribution in [0.25, 0.3) is 11.3 Å². The molecule has 3 aromatic rings. The van der Waals surface area contributed by atoms with E-state index in [-0.39, 0.29) is 11.8 Å². The van der Waals surface area contributed by atoms with Crippen molar-refractivity contribution in [2.75, 3.05) is 6.54 Å². The standard InChI is InChI=1S/C22H17Cl2N3O3/c23-17-8-6-14(10-18(17)24)19-9-7-15(30-19)11-26-27-22(29)20-16(12-25-21(20)28)13-4-2-1-3-5-13/h1-11,16,20H,12H2,(H,25,28)(H,27,29)/b26-11+/t16-,20+/m1/s1.